The Morgan fingerprint density at radius 3 is 2.86 bits per heavy atom. The molecule has 0 saturated heterocycles. The summed E-state index contributed by atoms with van der Waals surface area (Å²) in [5.41, 5.74) is 3.71. The molecule has 0 radical (unpaired) electrons. The van der Waals surface area contributed by atoms with Crippen LogP contribution < -0.4 is 0 Å². The summed E-state index contributed by atoms with van der Waals surface area (Å²) in [5, 5.41) is 0. The summed E-state index contributed by atoms with van der Waals surface area (Å²) in [6, 6.07) is 6.17. The fourth-order valence-electron chi connectivity index (χ4n) is 1.91. The third-order valence-electron chi connectivity index (χ3n) is 2.53. The molecule has 0 bridgehead atoms. The van der Waals surface area contributed by atoms with Crippen molar-refractivity contribution in [3.05, 3.63) is 35.8 Å². The molecule has 0 aromatic carbocycles. The summed E-state index contributed by atoms with van der Waals surface area (Å²) < 4.78 is 2.20. The first-order valence-electron chi connectivity index (χ1n) is 5.31. The summed E-state index contributed by atoms with van der Waals surface area (Å²) in [7, 11) is 0. The molecular weight excluding hydrogens is 172 g/mol. The van der Waals surface area contributed by atoms with Gasteiger partial charge in [0, 0.05) is 11.9 Å². The smallest absolute Gasteiger partial charge is 0.137 e. The predicted octanol–water partition coefficient (Wildman–Crippen LogP) is 2.85. The molecule has 0 fully saturated rings. The van der Waals surface area contributed by atoms with Crippen LogP contribution in [0.2, 0.25) is 0 Å². The maximum atomic E-state index is 4.64. The van der Waals surface area contributed by atoms with Crippen LogP contribution in [0.4, 0.5) is 0 Å². The highest BCUT2D eigenvalue weighted by molar-refractivity contribution is 5.43. The number of nitrogens with zero attached hydrogens (tertiary/aromatic N) is 2. The molecule has 0 saturated carbocycles. The van der Waals surface area contributed by atoms with E-state index in [4.69, 9.17) is 0 Å². The van der Waals surface area contributed by atoms with E-state index in [2.05, 4.69) is 41.6 Å². The average molecular weight is 188 g/mol. The van der Waals surface area contributed by atoms with Gasteiger partial charge in [0.05, 0.1) is 5.69 Å². The zero-order valence-corrected chi connectivity index (χ0v) is 8.83. The highest BCUT2D eigenvalue weighted by atomic mass is 15.0. The molecule has 2 rings (SSSR count). The van der Waals surface area contributed by atoms with E-state index in [0.29, 0.717) is 0 Å². The Labute approximate surface area is 84.6 Å². The van der Waals surface area contributed by atoms with Crippen molar-refractivity contribution in [2.45, 2.75) is 33.1 Å². The normalized spacial score (nSPS) is 11.0. The van der Waals surface area contributed by atoms with Crippen LogP contribution in [-0.4, -0.2) is 9.38 Å². The summed E-state index contributed by atoms with van der Waals surface area (Å²) >= 11 is 0. The number of hydrogen-bond donors (Lipinski definition) is 0. The van der Waals surface area contributed by atoms with Gasteiger partial charge >= 0.3 is 0 Å². The third-order valence-corrected chi connectivity index (χ3v) is 2.53. The van der Waals surface area contributed by atoms with Gasteiger partial charge in [-0.2, -0.15) is 0 Å². The van der Waals surface area contributed by atoms with E-state index in [0.717, 1.165) is 24.9 Å². The second-order valence-electron chi connectivity index (χ2n) is 3.54. The molecule has 0 aliphatic heterocycles. The highest BCUT2D eigenvalue weighted by Crippen LogP contribution is 2.14. The number of aromatic nitrogens is 2. The lowest BCUT2D eigenvalue weighted by atomic mass is 10.2. The van der Waals surface area contributed by atoms with Crippen LogP contribution in [0.25, 0.3) is 5.65 Å². The lowest BCUT2D eigenvalue weighted by molar-refractivity contribution is 0.860. The molecule has 0 aliphatic rings. The zero-order valence-electron chi connectivity index (χ0n) is 8.83. The van der Waals surface area contributed by atoms with Crippen LogP contribution >= 0.6 is 0 Å². The molecule has 14 heavy (non-hydrogen) atoms. The first-order chi connectivity index (χ1) is 6.86. The first kappa shape index (κ1) is 9.25. The molecule has 0 atom stereocenters. The monoisotopic (exact) mass is 188 g/mol. The average Bonchev–Trinajstić information content (AvgIpc) is 2.55. The van der Waals surface area contributed by atoms with Crippen LogP contribution in [0.3, 0.4) is 0 Å². The SMILES string of the molecule is CCCc1nc2ccccn2c1CC. The van der Waals surface area contributed by atoms with Crippen LogP contribution in [0.5, 0.6) is 0 Å². The van der Waals surface area contributed by atoms with Gasteiger partial charge in [-0.05, 0) is 25.0 Å². The van der Waals surface area contributed by atoms with Crippen LogP contribution in [-0.2, 0) is 12.8 Å². The lowest BCUT2D eigenvalue weighted by Gasteiger charge is -1.99. The van der Waals surface area contributed by atoms with Crippen molar-refractivity contribution in [3.63, 3.8) is 0 Å². The molecule has 2 aromatic rings. The molecule has 0 spiro atoms. The van der Waals surface area contributed by atoms with E-state index in [1.54, 1.807) is 0 Å². The predicted molar refractivity (Wildman–Crippen MR) is 58.6 cm³/mol. The van der Waals surface area contributed by atoms with Gasteiger partial charge in [0.25, 0.3) is 0 Å². The van der Waals surface area contributed by atoms with Gasteiger partial charge < -0.3 is 4.40 Å². The number of fused-ring (bicyclic) bond motifs is 1. The van der Waals surface area contributed by atoms with Gasteiger partial charge in [-0.15, -0.1) is 0 Å². The summed E-state index contributed by atoms with van der Waals surface area (Å²) in [4.78, 5) is 4.64. The minimum Gasteiger partial charge on any atom is -0.304 e. The molecule has 2 heteroatoms. The number of pyridine rings is 1. The Kier molecular flexibility index (Phi) is 2.53. The molecule has 0 unspecified atom stereocenters. The van der Waals surface area contributed by atoms with Crippen LogP contribution in [0, 0.1) is 0 Å². The largest absolute Gasteiger partial charge is 0.304 e. The molecule has 0 N–H and O–H groups in total. The van der Waals surface area contributed by atoms with Crippen LogP contribution in [0.15, 0.2) is 24.4 Å². The number of rotatable bonds is 3. The highest BCUT2D eigenvalue weighted by Gasteiger charge is 2.08. The van der Waals surface area contributed by atoms with Crippen molar-refractivity contribution in [2.75, 3.05) is 0 Å². The Hall–Kier alpha value is -1.31. The van der Waals surface area contributed by atoms with Gasteiger partial charge in [-0.3, -0.25) is 0 Å². The second-order valence-corrected chi connectivity index (χ2v) is 3.54. The molecule has 74 valence electrons. The quantitative estimate of drug-likeness (QED) is 0.724. The number of imidazole rings is 1. The van der Waals surface area contributed by atoms with Gasteiger partial charge in [-0.25, -0.2) is 4.98 Å². The van der Waals surface area contributed by atoms with Crippen molar-refractivity contribution >= 4 is 5.65 Å². The Morgan fingerprint density at radius 1 is 1.29 bits per heavy atom. The fourth-order valence-corrected chi connectivity index (χ4v) is 1.91. The van der Waals surface area contributed by atoms with Crippen molar-refractivity contribution in [2.24, 2.45) is 0 Å². The zero-order chi connectivity index (χ0) is 9.97. The maximum Gasteiger partial charge on any atom is 0.137 e. The van der Waals surface area contributed by atoms with E-state index in [1.807, 2.05) is 6.07 Å². The third kappa shape index (κ3) is 1.41. The topological polar surface area (TPSA) is 17.3 Å². The molecule has 2 nitrogen and oxygen atoms in total. The van der Waals surface area contributed by atoms with Crippen molar-refractivity contribution in [1.29, 1.82) is 0 Å². The van der Waals surface area contributed by atoms with Crippen LogP contribution in [0.1, 0.15) is 31.7 Å². The molecular formula is C12H16N2. The summed E-state index contributed by atoms with van der Waals surface area (Å²) in [6.07, 6.45) is 5.41. The van der Waals surface area contributed by atoms with Crippen molar-refractivity contribution < 1.29 is 0 Å². The fraction of sp³-hybridized carbons (Fsp3) is 0.417. The van der Waals surface area contributed by atoms with Crippen molar-refractivity contribution in [3.8, 4) is 0 Å². The molecule has 2 heterocycles. The molecule has 2 aromatic heterocycles. The minimum absolute atomic E-state index is 1.06. The van der Waals surface area contributed by atoms with Gasteiger partial charge in [0.1, 0.15) is 5.65 Å². The van der Waals surface area contributed by atoms with Gasteiger partial charge in [0.15, 0.2) is 0 Å². The van der Waals surface area contributed by atoms with E-state index in [-0.39, 0.29) is 0 Å². The Bertz CT molecular complexity index is 429. The van der Waals surface area contributed by atoms with Gasteiger partial charge in [0.2, 0.25) is 0 Å². The Balaban J connectivity index is 2.60. The molecule has 0 amide bonds. The maximum absolute atomic E-state index is 4.64. The van der Waals surface area contributed by atoms with E-state index in [9.17, 15) is 0 Å². The number of hydrogen-bond acceptors (Lipinski definition) is 1. The molecule has 0 aliphatic carbocycles. The van der Waals surface area contributed by atoms with Crippen molar-refractivity contribution in [1.82, 2.24) is 9.38 Å². The van der Waals surface area contributed by atoms with E-state index < -0.39 is 0 Å². The minimum atomic E-state index is 1.06. The first-order valence-corrected chi connectivity index (χ1v) is 5.31. The van der Waals surface area contributed by atoms with Gasteiger partial charge in [-0.1, -0.05) is 26.3 Å². The van der Waals surface area contributed by atoms with E-state index in [1.165, 1.54) is 11.4 Å². The van der Waals surface area contributed by atoms with E-state index >= 15 is 0 Å². The summed E-state index contributed by atoms with van der Waals surface area (Å²) in [6.45, 7) is 4.39. The lowest BCUT2D eigenvalue weighted by Crippen LogP contribution is -1.94. The number of aryl methyl sites for hydroxylation is 2. The standard InChI is InChI=1S/C12H16N2/c1-3-7-10-11(4-2)14-9-6-5-8-12(14)13-10/h5-6,8-9H,3-4,7H2,1-2H3. The Morgan fingerprint density at radius 2 is 2.14 bits per heavy atom. The summed E-state index contributed by atoms with van der Waals surface area (Å²) in [5.74, 6) is 0. The second kappa shape index (κ2) is 3.82.